The van der Waals surface area contributed by atoms with E-state index in [1.165, 1.54) is 16.7 Å². The molecular weight excluding hydrogens is 298 g/mol. The number of nitrogens with zero attached hydrogens (tertiary/aromatic N) is 3. The van der Waals surface area contributed by atoms with E-state index < -0.39 is 0 Å². The van der Waals surface area contributed by atoms with E-state index in [2.05, 4.69) is 52.1 Å². The van der Waals surface area contributed by atoms with E-state index in [9.17, 15) is 0 Å². The summed E-state index contributed by atoms with van der Waals surface area (Å²) in [4.78, 5) is 11.4. The van der Waals surface area contributed by atoms with Crippen molar-refractivity contribution in [3.63, 3.8) is 0 Å². The summed E-state index contributed by atoms with van der Waals surface area (Å²) in [5.41, 5.74) is 5.14. The Morgan fingerprint density at radius 1 is 1.17 bits per heavy atom. The van der Waals surface area contributed by atoms with Crippen molar-refractivity contribution in [1.29, 1.82) is 0 Å². The summed E-state index contributed by atoms with van der Waals surface area (Å²) in [6, 6.07) is 11.0. The normalized spacial score (nSPS) is 14.6. The molecule has 3 rings (SSSR count). The van der Waals surface area contributed by atoms with Crippen LogP contribution in [0.5, 0.6) is 0 Å². The van der Waals surface area contributed by atoms with E-state index in [0.717, 1.165) is 43.3 Å². The highest BCUT2D eigenvalue weighted by atomic mass is 16.5. The minimum atomic E-state index is 0.452. The lowest BCUT2D eigenvalue weighted by atomic mass is 9.98. The van der Waals surface area contributed by atoms with Gasteiger partial charge in [-0.1, -0.05) is 37.3 Å². The average Bonchev–Trinajstić information content (AvgIpc) is 2.62. The van der Waals surface area contributed by atoms with Gasteiger partial charge in [-0.15, -0.1) is 0 Å². The molecule has 1 aromatic heterocycles. The molecule has 1 aliphatic rings. The van der Waals surface area contributed by atoms with Crippen molar-refractivity contribution < 1.29 is 4.74 Å². The zero-order valence-electron chi connectivity index (χ0n) is 14.7. The zero-order chi connectivity index (χ0) is 16.9. The summed E-state index contributed by atoms with van der Waals surface area (Å²) < 4.78 is 5.16. The maximum absolute atomic E-state index is 5.16. The lowest BCUT2D eigenvalue weighted by Crippen LogP contribution is -2.29. The highest BCUT2D eigenvalue weighted by Gasteiger charge is 2.15. The molecular formula is C20H25N3O. The van der Waals surface area contributed by atoms with Gasteiger partial charge in [0.05, 0.1) is 0 Å². The Hall–Kier alpha value is -2.20. The minimum absolute atomic E-state index is 0.452. The second-order valence-electron chi connectivity index (χ2n) is 6.19. The molecule has 0 bridgehead atoms. The summed E-state index contributed by atoms with van der Waals surface area (Å²) in [5.74, 6) is 1.74. The summed E-state index contributed by atoms with van der Waals surface area (Å²) in [6.45, 7) is 6.50. The van der Waals surface area contributed by atoms with Crippen molar-refractivity contribution >= 4 is 11.4 Å². The van der Waals surface area contributed by atoms with E-state index in [-0.39, 0.29) is 0 Å². The molecule has 2 aromatic rings. The Labute approximate surface area is 144 Å². The van der Waals surface area contributed by atoms with Gasteiger partial charge >= 0.3 is 0 Å². The number of aromatic nitrogens is 2. The SMILES string of the molecule is CCc1ccc(C2=CCN(c3cc(C)nc(COC)n3)CC2)cc1. The lowest BCUT2D eigenvalue weighted by molar-refractivity contribution is 0.177. The van der Waals surface area contributed by atoms with Crippen LogP contribution in [0.2, 0.25) is 0 Å². The van der Waals surface area contributed by atoms with Gasteiger partial charge in [-0.05, 0) is 36.5 Å². The topological polar surface area (TPSA) is 38.2 Å². The van der Waals surface area contributed by atoms with E-state index in [1.807, 2.05) is 13.0 Å². The number of methoxy groups -OCH3 is 1. The first-order valence-electron chi connectivity index (χ1n) is 8.56. The number of anilines is 1. The van der Waals surface area contributed by atoms with E-state index in [4.69, 9.17) is 4.74 Å². The van der Waals surface area contributed by atoms with Crippen LogP contribution in [-0.2, 0) is 17.8 Å². The van der Waals surface area contributed by atoms with Gasteiger partial charge in [0.15, 0.2) is 5.82 Å². The molecule has 2 heterocycles. The van der Waals surface area contributed by atoms with Crippen molar-refractivity contribution in [3.8, 4) is 0 Å². The minimum Gasteiger partial charge on any atom is -0.377 e. The zero-order valence-corrected chi connectivity index (χ0v) is 14.7. The van der Waals surface area contributed by atoms with E-state index in [0.29, 0.717) is 6.61 Å². The lowest BCUT2D eigenvalue weighted by Gasteiger charge is -2.28. The van der Waals surface area contributed by atoms with Crippen LogP contribution in [0, 0.1) is 6.92 Å². The quantitative estimate of drug-likeness (QED) is 0.839. The van der Waals surface area contributed by atoms with Crippen LogP contribution in [0.1, 0.15) is 36.0 Å². The number of hydrogen-bond donors (Lipinski definition) is 0. The molecule has 4 heteroatoms. The number of hydrogen-bond acceptors (Lipinski definition) is 4. The first-order chi connectivity index (χ1) is 11.7. The molecule has 1 aliphatic heterocycles. The van der Waals surface area contributed by atoms with Gasteiger partial charge in [0.2, 0.25) is 0 Å². The summed E-state index contributed by atoms with van der Waals surface area (Å²) in [7, 11) is 1.67. The third-order valence-electron chi connectivity index (χ3n) is 4.43. The van der Waals surface area contributed by atoms with Crippen LogP contribution in [-0.4, -0.2) is 30.2 Å². The molecule has 0 amide bonds. The van der Waals surface area contributed by atoms with Crippen molar-refractivity contribution in [1.82, 2.24) is 9.97 Å². The molecule has 0 unspecified atom stereocenters. The summed E-state index contributed by atoms with van der Waals surface area (Å²) >= 11 is 0. The maximum atomic E-state index is 5.16. The van der Waals surface area contributed by atoms with Crippen molar-refractivity contribution in [2.75, 3.05) is 25.1 Å². The molecule has 24 heavy (non-hydrogen) atoms. The van der Waals surface area contributed by atoms with Gasteiger partial charge in [-0.2, -0.15) is 0 Å². The molecule has 0 spiro atoms. The first-order valence-corrected chi connectivity index (χ1v) is 8.56. The second kappa shape index (κ2) is 7.58. The predicted octanol–water partition coefficient (Wildman–Crippen LogP) is 3.79. The Balaban J connectivity index is 1.74. The summed E-state index contributed by atoms with van der Waals surface area (Å²) in [6.07, 6.45) is 4.44. The Bertz CT molecular complexity index is 722. The third kappa shape index (κ3) is 3.82. The highest BCUT2D eigenvalue weighted by molar-refractivity contribution is 5.68. The number of benzene rings is 1. The fourth-order valence-electron chi connectivity index (χ4n) is 3.06. The maximum Gasteiger partial charge on any atom is 0.156 e. The van der Waals surface area contributed by atoms with E-state index >= 15 is 0 Å². The number of ether oxygens (including phenoxy) is 1. The van der Waals surface area contributed by atoms with Crippen LogP contribution < -0.4 is 4.90 Å². The monoisotopic (exact) mass is 323 g/mol. The molecule has 0 saturated carbocycles. The van der Waals surface area contributed by atoms with Crippen LogP contribution in [0.3, 0.4) is 0 Å². The smallest absolute Gasteiger partial charge is 0.156 e. The van der Waals surface area contributed by atoms with Gasteiger partial charge in [0, 0.05) is 32.0 Å². The largest absolute Gasteiger partial charge is 0.377 e. The Kier molecular flexibility index (Phi) is 5.26. The molecule has 0 atom stereocenters. The fourth-order valence-corrected chi connectivity index (χ4v) is 3.06. The number of aryl methyl sites for hydroxylation is 2. The van der Waals surface area contributed by atoms with Crippen molar-refractivity contribution in [2.24, 2.45) is 0 Å². The first kappa shape index (κ1) is 16.7. The van der Waals surface area contributed by atoms with Crippen LogP contribution in [0.25, 0.3) is 5.57 Å². The molecule has 0 fully saturated rings. The fraction of sp³-hybridized carbons (Fsp3) is 0.400. The van der Waals surface area contributed by atoms with Gasteiger partial charge in [0.1, 0.15) is 12.4 Å². The molecule has 1 aromatic carbocycles. The standard InChI is InChI=1S/C20H25N3O/c1-4-16-5-7-17(8-6-16)18-9-11-23(12-10-18)20-13-15(2)21-19(22-20)14-24-3/h5-9,13H,4,10-12,14H2,1-3H3. The van der Waals surface area contributed by atoms with Crippen molar-refractivity contribution in [3.05, 3.63) is 59.1 Å². The second-order valence-corrected chi connectivity index (χ2v) is 6.19. The predicted molar refractivity (Wildman–Crippen MR) is 98.1 cm³/mol. The molecule has 0 saturated heterocycles. The Morgan fingerprint density at radius 2 is 1.96 bits per heavy atom. The van der Waals surface area contributed by atoms with E-state index in [1.54, 1.807) is 7.11 Å². The van der Waals surface area contributed by atoms with Crippen LogP contribution >= 0.6 is 0 Å². The van der Waals surface area contributed by atoms with Crippen LogP contribution in [0.4, 0.5) is 5.82 Å². The Morgan fingerprint density at radius 3 is 2.58 bits per heavy atom. The molecule has 126 valence electrons. The van der Waals surface area contributed by atoms with Gasteiger partial charge in [-0.3, -0.25) is 0 Å². The molecule has 0 N–H and O–H groups in total. The summed E-state index contributed by atoms with van der Waals surface area (Å²) in [5, 5.41) is 0. The molecule has 0 aliphatic carbocycles. The number of rotatable bonds is 5. The van der Waals surface area contributed by atoms with Crippen molar-refractivity contribution in [2.45, 2.75) is 33.3 Å². The average molecular weight is 323 g/mol. The van der Waals surface area contributed by atoms with Gasteiger partial charge in [-0.25, -0.2) is 9.97 Å². The van der Waals surface area contributed by atoms with Gasteiger partial charge < -0.3 is 9.64 Å². The molecule has 4 nitrogen and oxygen atoms in total. The van der Waals surface area contributed by atoms with Crippen LogP contribution in [0.15, 0.2) is 36.4 Å². The third-order valence-corrected chi connectivity index (χ3v) is 4.43. The molecule has 0 radical (unpaired) electrons. The highest BCUT2D eigenvalue weighted by Crippen LogP contribution is 2.25. The van der Waals surface area contributed by atoms with Gasteiger partial charge in [0.25, 0.3) is 0 Å².